The van der Waals surface area contributed by atoms with Crippen molar-refractivity contribution in [2.45, 2.75) is 32.6 Å². The number of amides is 2. The van der Waals surface area contributed by atoms with Gasteiger partial charge < -0.3 is 19.9 Å². The molecule has 0 aromatic carbocycles. The Hall–Kier alpha value is -2.78. The predicted molar refractivity (Wildman–Crippen MR) is 80.5 cm³/mol. The molecule has 0 bridgehead atoms. The van der Waals surface area contributed by atoms with Gasteiger partial charge >= 0.3 is 18.2 Å². The number of alkyl halides is 3. The zero-order chi connectivity index (χ0) is 18.8. The van der Waals surface area contributed by atoms with Crippen LogP contribution in [0.25, 0.3) is 0 Å². The first-order chi connectivity index (χ1) is 11.6. The van der Waals surface area contributed by atoms with Crippen molar-refractivity contribution in [1.29, 1.82) is 0 Å². The monoisotopic (exact) mass is 359 g/mol. The largest absolute Gasteiger partial charge is 0.463 e. The fraction of sp³-hybridized carbons (Fsp3) is 0.400. The van der Waals surface area contributed by atoms with E-state index in [1.807, 2.05) is 0 Å². The molecule has 0 saturated heterocycles. The van der Waals surface area contributed by atoms with Gasteiger partial charge in [-0.05, 0) is 19.9 Å². The Kier molecular flexibility index (Phi) is 5.19. The third kappa shape index (κ3) is 4.20. The maximum atomic E-state index is 12.8. The van der Waals surface area contributed by atoms with E-state index in [4.69, 9.17) is 4.74 Å². The van der Waals surface area contributed by atoms with Gasteiger partial charge in [-0.3, -0.25) is 4.79 Å². The molecule has 0 fully saturated rings. The predicted octanol–water partition coefficient (Wildman–Crippen LogP) is 1.39. The van der Waals surface area contributed by atoms with Gasteiger partial charge in [0.25, 0.3) is 5.56 Å². The molecule has 10 heteroatoms. The summed E-state index contributed by atoms with van der Waals surface area (Å²) in [4.78, 5) is 35.6. The third-order valence-corrected chi connectivity index (χ3v) is 3.50. The summed E-state index contributed by atoms with van der Waals surface area (Å²) in [5.74, 6) is -0.725. The highest BCUT2D eigenvalue weighted by Gasteiger charge is 2.32. The van der Waals surface area contributed by atoms with Crippen LogP contribution in [0.15, 0.2) is 34.4 Å². The van der Waals surface area contributed by atoms with Crippen LogP contribution in [0, 0.1) is 0 Å². The topological polar surface area (TPSA) is 89.4 Å². The van der Waals surface area contributed by atoms with Gasteiger partial charge in [-0.1, -0.05) is 0 Å². The van der Waals surface area contributed by atoms with Crippen LogP contribution in [0.2, 0.25) is 0 Å². The molecule has 25 heavy (non-hydrogen) atoms. The summed E-state index contributed by atoms with van der Waals surface area (Å²) < 4.78 is 44.2. The smallest absolute Gasteiger partial charge is 0.417 e. The van der Waals surface area contributed by atoms with E-state index in [-0.39, 0.29) is 17.9 Å². The Morgan fingerprint density at radius 2 is 2.00 bits per heavy atom. The zero-order valence-corrected chi connectivity index (χ0v) is 13.4. The molecule has 0 saturated carbocycles. The minimum absolute atomic E-state index is 0.0103. The number of carbonyl (C=O) groups is 2. The van der Waals surface area contributed by atoms with E-state index in [2.05, 4.69) is 10.6 Å². The standard InChI is InChI=1S/C15H16F3N3O4/c1-3-25-13(23)12-8(2)19-14(24)20-10(12)7-21-6-9(15(16,17)18)4-5-11(21)22/h4-6,8H,3,7H2,1-2H3,(H2,19,20,24)/t8-/m0/s1. The number of rotatable bonds is 4. The summed E-state index contributed by atoms with van der Waals surface area (Å²) in [6.45, 7) is 2.79. The molecule has 1 aliphatic rings. The van der Waals surface area contributed by atoms with Gasteiger partial charge in [-0.15, -0.1) is 0 Å². The molecule has 0 radical (unpaired) electrons. The summed E-state index contributed by atoms with van der Waals surface area (Å²) in [5, 5.41) is 4.82. The molecule has 1 aliphatic heterocycles. The quantitative estimate of drug-likeness (QED) is 0.795. The van der Waals surface area contributed by atoms with E-state index < -0.39 is 41.9 Å². The molecule has 2 rings (SSSR count). The number of aromatic nitrogens is 1. The molecule has 2 heterocycles. The molecule has 136 valence electrons. The number of allylic oxidation sites excluding steroid dienone is 1. The summed E-state index contributed by atoms with van der Waals surface area (Å²) >= 11 is 0. The molecule has 7 nitrogen and oxygen atoms in total. The fourth-order valence-electron chi connectivity index (χ4n) is 2.40. The average Bonchev–Trinajstić information content (AvgIpc) is 2.47. The Balaban J connectivity index is 2.47. The van der Waals surface area contributed by atoms with E-state index in [1.54, 1.807) is 6.92 Å². The van der Waals surface area contributed by atoms with Gasteiger partial charge in [-0.25, -0.2) is 9.59 Å². The summed E-state index contributed by atoms with van der Waals surface area (Å²) in [6.07, 6.45) is -3.99. The number of nitrogens with one attached hydrogen (secondary N) is 2. The molecule has 2 N–H and O–H groups in total. The second-order valence-corrected chi connectivity index (χ2v) is 5.31. The van der Waals surface area contributed by atoms with Gasteiger partial charge in [0.15, 0.2) is 0 Å². The highest BCUT2D eigenvalue weighted by Crippen LogP contribution is 2.28. The number of pyridine rings is 1. The molecule has 0 aliphatic carbocycles. The number of hydrogen-bond donors (Lipinski definition) is 2. The lowest BCUT2D eigenvalue weighted by Gasteiger charge is -2.27. The number of nitrogens with zero attached hydrogens (tertiary/aromatic N) is 1. The van der Waals surface area contributed by atoms with Crippen molar-refractivity contribution in [3.8, 4) is 0 Å². The lowest BCUT2D eigenvalue weighted by Crippen LogP contribution is -2.50. The number of hydrogen-bond acceptors (Lipinski definition) is 4. The number of halogens is 3. The fourth-order valence-corrected chi connectivity index (χ4v) is 2.40. The van der Waals surface area contributed by atoms with E-state index in [1.165, 1.54) is 6.92 Å². The minimum Gasteiger partial charge on any atom is -0.463 e. The van der Waals surface area contributed by atoms with Crippen molar-refractivity contribution >= 4 is 12.0 Å². The summed E-state index contributed by atoms with van der Waals surface area (Å²) in [7, 11) is 0. The number of ether oxygens (including phenoxy) is 1. The van der Waals surface area contributed by atoms with E-state index in [9.17, 15) is 27.6 Å². The number of urea groups is 1. The Morgan fingerprint density at radius 1 is 1.32 bits per heavy atom. The lowest BCUT2D eigenvalue weighted by molar-refractivity contribution is -0.139. The first-order valence-electron chi connectivity index (χ1n) is 7.38. The Labute approximate surface area is 140 Å². The lowest BCUT2D eigenvalue weighted by atomic mass is 10.0. The highest BCUT2D eigenvalue weighted by molar-refractivity contribution is 5.94. The van der Waals surface area contributed by atoms with Crippen molar-refractivity contribution in [1.82, 2.24) is 15.2 Å². The summed E-state index contributed by atoms with van der Waals surface area (Å²) in [5.41, 5.74) is -1.66. The van der Waals surface area contributed by atoms with Gasteiger partial charge in [0.2, 0.25) is 0 Å². The SMILES string of the molecule is CCOC(=O)C1=C(Cn2cc(C(F)(F)F)ccc2=O)NC(=O)N[C@H]1C. The molecular weight excluding hydrogens is 343 g/mol. The van der Waals surface area contributed by atoms with Crippen LogP contribution < -0.4 is 16.2 Å². The molecular formula is C15H16F3N3O4. The molecule has 1 aromatic heterocycles. The molecule has 1 atom stereocenters. The van der Waals surface area contributed by atoms with Crippen LogP contribution in [0.3, 0.4) is 0 Å². The minimum atomic E-state index is -4.63. The van der Waals surface area contributed by atoms with Gasteiger partial charge in [-0.2, -0.15) is 13.2 Å². The molecule has 0 spiro atoms. The highest BCUT2D eigenvalue weighted by atomic mass is 19.4. The van der Waals surface area contributed by atoms with Crippen LogP contribution in [0.4, 0.5) is 18.0 Å². The maximum absolute atomic E-state index is 12.8. The van der Waals surface area contributed by atoms with Crippen molar-refractivity contribution in [2.75, 3.05) is 6.61 Å². The van der Waals surface area contributed by atoms with Gasteiger partial charge in [0, 0.05) is 12.3 Å². The molecule has 0 unspecified atom stereocenters. The van der Waals surface area contributed by atoms with Crippen LogP contribution in [0.1, 0.15) is 19.4 Å². The van der Waals surface area contributed by atoms with Gasteiger partial charge in [0.1, 0.15) is 0 Å². The first-order valence-corrected chi connectivity index (χ1v) is 7.38. The van der Waals surface area contributed by atoms with Crippen molar-refractivity contribution in [3.63, 3.8) is 0 Å². The van der Waals surface area contributed by atoms with Crippen molar-refractivity contribution in [2.24, 2.45) is 0 Å². The summed E-state index contributed by atoms with van der Waals surface area (Å²) in [6, 6.07) is 0.0999. The van der Waals surface area contributed by atoms with Gasteiger partial charge in [0.05, 0.1) is 36.0 Å². The second-order valence-electron chi connectivity index (χ2n) is 5.31. The van der Waals surface area contributed by atoms with Crippen LogP contribution in [-0.4, -0.2) is 29.2 Å². The van der Waals surface area contributed by atoms with E-state index in [0.29, 0.717) is 12.3 Å². The maximum Gasteiger partial charge on any atom is 0.417 e. The van der Waals surface area contributed by atoms with E-state index in [0.717, 1.165) is 10.6 Å². The van der Waals surface area contributed by atoms with E-state index >= 15 is 0 Å². The number of carbonyl (C=O) groups excluding carboxylic acids is 2. The Morgan fingerprint density at radius 3 is 2.60 bits per heavy atom. The molecule has 2 amide bonds. The van der Waals surface area contributed by atoms with Crippen molar-refractivity contribution in [3.05, 3.63) is 45.5 Å². The van der Waals surface area contributed by atoms with Crippen LogP contribution in [-0.2, 0) is 22.3 Å². The van der Waals surface area contributed by atoms with Crippen LogP contribution in [0.5, 0.6) is 0 Å². The van der Waals surface area contributed by atoms with Crippen LogP contribution >= 0.6 is 0 Å². The number of esters is 1. The normalized spacial score (nSPS) is 17.8. The zero-order valence-electron chi connectivity index (χ0n) is 13.4. The Bertz CT molecular complexity index is 783. The molecule has 1 aromatic rings. The third-order valence-electron chi connectivity index (χ3n) is 3.50. The second kappa shape index (κ2) is 6.99. The van der Waals surface area contributed by atoms with Crippen molar-refractivity contribution < 1.29 is 27.5 Å². The first kappa shape index (κ1) is 18.6. The average molecular weight is 359 g/mol.